The zero-order valence-electron chi connectivity index (χ0n) is 14.9. The minimum atomic E-state index is -0.404. The Morgan fingerprint density at radius 1 is 1.04 bits per heavy atom. The van der Waals surface area contributed by atoms with E-state index in [0.29, 0.717) is 13.2 Å². The molecule has 0 aliphatic rings. The van der Waals surface area contributed by atoms with Crippen molar-refractivity contribution in [2.75, 3.05) is 26.8 Å². The van der Waals surface area contributed by atoms with Gasteiger partial charge in [0.1, 0.15) is 12.4 Å². The lowest BCUT2D eigenvalue weighted by atomic mass is 10.1. The summed E-state index contributed by atoms with van der Waals surface area (Å²) in [5.74, 6) is 0.556. The van der Waals surface area contributed by atoms with Gasteiger partial charge in [0.05, 0.1) is 19.6 Å². The molecule has 5 heteroatoms. The second-order valence-corrected chi connectivity index (χ2v) is 5.96. The van der Waals surface area contributed by atoms with Crippen LogP contribution in [0.4, 0.5) is 4.39 Å². The molecule has 1 amide bonds. The number of ether oxygens (including phenoxy) is 2. The van der Waals surface area contributed by atoms with Crippen molar-refractivity contribution in [3.63, 3.8) is 0 Å². The molecule has 0 spiro atoms. The lowest BCUT2D eigenvalue weighted by molar-refractivity contribution is -0.130. The molecule has 2 aromatic carbocycles. The van der Waals surface area contributed by atoms with Gasteiger partial charge in [-0.15, -0.1) is 0 Å². The number of carbonyl (C=O) groups is 1. The van der Waals surface area contributed by atoms with Gasteiger partial charge in [-0.1, -0.05) is 24.3 Å². The minimum absolute atomic E-state index is 0.0394. The fourth-order valence-electron chi connectivity index (χ4n) is 2.28. The van der Waals surface area contributed by atoms with Crippen molar-refractivity contribution in [2.45, 2.75) is 20.3 Å². The van der Waals surface area contributed by atoms with Crippen LogP contribution in [0, 0.1) is 19.7 Å². The molecule has 0 heterocycles. The van der Waals surface area contributed by atoms with Crippen molar-refractivity contribution in [2.24, 2.45) is 0 Å². The molecule has 4 nitrogen and oxygen atoms in total. The third-order valence-corrected chi connectivity index (χ3v) is 3.86. The molecule has 0 radical (unpaired) electrons. The Balaban J connectivity index is 1.71. The molecule has 0 atom stereocenters. The van der Waals surface area contributed by atoms with Gasteiger partial charge >= 0.3 is 0 Å². The first-order valence-electron chi connectivity index (χ1n) is 8.28. The van der Waals surface area contributed by atoms with Crippen LogP contribution in [0.1, 0.15) is 17.5 Å². The van der Waals surface area contributed by atoms with E-state index < -0.39 is 5.82 Å². The lowest BCUT2D eigenvalue weighted by Gasteiger charge is -2.18. The third-order valence-electron chi connectivity index (χ3n) is 3.86. The standard InChI is InChI=1S/C20H24FNO3/c1-15-8-9-16(2)19(14-15)24-12-10-20(23)22(3)11-13-25-18-7-5-4-6-17(18)21/h4-9,14H,10-13H2,1-3H3. The molecule has 0 fully saturated rings. The van der Waals surface area contributed by atoms with Crippen LogP contribution < -0.4 is 9.47 Å². The highest BCUT2D eigenvalue weighted by Gasteiger charge is 2.10. The van der Waals surface area contributed by atoms with Gasteiger partial charge < -0.3 is 14.4 Å². The number of nitrogens with zero attached hydrogens (tertiary/aromatic N) is 1. The van der Waals surface area contributed by atoms with E-state index in [2.05, 4.69) is 0 Å². The highest BCUT2D eigenvalue weighted by Crippen LogP contribution is 2.19. The molecular weight excluding hydrogens is 321 g/mol. The zero-order chi connectivity index (χ0) is 18.2. The molecule has 25 heavy (non-hydrogen) atoms. The Hall–Kier alpha value is -2.56. The molecule has 0 aromatic heterocycles. The van der Waals surface area contributed by atoms with E-state index in [-0.39, 0.29) is 24.7 Å². The van der Waals surface area contributed by atoms with E-state index in [4.69, 9.17) is 9.47 Å². The summed E-state index contributed by atoms with van der Waals surface area (Å²) in [7, 11) is 1.70. The van der Waals surface area contributed by atoms with Crippen LogP contribution in [0.15, 0.2) is 42.5 Å². The third kappa shape index (κ3) is 5.78. The largest absolute Gasteiger partial charge is 0.493 e. The van der Waals surface area contributed by atoms with Gasteiger partial charge in [0.2, 0.25) is 5.91 Å². The Morgan fingerprint density at radius 3 is 2.52 bits per heavy atom. The summed E-state index contributed by atoms with van der Waals surface area (Å²) >= 11 is 0. The van der Waals surface area contributed by atoms with Gasteiger partial charge in [0.25, 0.3) is 0 Å². The molecule has 0 N–H and O–H groups in total. The highest BCUT2D eigenvalue weighted by molar-refractivity contribution is 5.76. The summed E-state index contributed by atoms with van der Waals surface area (Å²) in [5, 5.41) is 0. The fourth-order valence-corrected chi connectivity index (χ4v) is 2.28. The van der Waals surface area contributed by atoms with E-state index in [9.17, 15) is 9.18 Å². The van der Waals surface area contributed by atoms with Crippen LogP contribution in [0.3, 0.4) is 0 Å². The van der Waals surface area contributed by atoms with Crippen LogP contribution in [0.5, 0.6) is 11.5 Å². The number of amides is 1. The topological polar surface area (TPSA) is 38.8 Å². The number of carbonyl (C=O) groups excluding carboxylic acids is 1. The summed E-state index contributed by atoms with van der Waals surface area (Å²) in [6.07, 6.45) is 0.281. The Labute approximate surface area is 148 Å². The van der Waals surface area contributed by atoms with Gasteiger partial charge in [-0.25, -0.2) is 4.39 Å². The second-order valence-electron chi connectivity index (χ2n) is 5.96. The van der Waals surface area contributed by atoms with Crippen molar-refractivity contribution in [1.29, 1.82) is 0 Å². The molecule has 0 aliphatic heterocycles. The molecule has 0 unspecified atom stereocenters. The summed E-state index contributed by atoms with van der Waals surface area (Å²) in [4.78, 5) is 13.7. The van der Waals surface area contributed by atoms with Gasteiger partial charge in [0.15, 0.2) is 11.6 Å². The maximum absolute atomic E-state index is 13.4. The van der Waals surface area contributed by atoms with E-state index in [1.54, 1.807) is 30.1 Å². The Kier molecular flexibility index (Phi) is 6.81. The van der Waals surface area contributed by atoms with Gasteiger partial charge in [-0.2, -0.15) is 0 Å². The molecule has 0 bridgehead atoms. The van der Waals surface area contributed by atoms with E-state index in [1.807, 2.05) is 32.0 Å². The van der Waals surface area contributed by atoms with Crippen LogP contribution in [0.2, 0.25) is 0 Å². The molecule has 134 valence electrons. The number of likely N-dealkylation sites (N-methyl/N-ethyl adjacent to an activating group) is 1. The van der Waals surface area contributed by atoms with Crippen LogP contribution in [0.25, 0.3) is 0 Å². The number of para-hydroxylation sites is 1. The smallest absolute Gasteiger partial charge is 0.225 e. The monoisotopic (exact) mass is 345 g/mol. The van der Waals surface area contributed by atoms with Gasteiger partial charge in [-0.3, -0.25) is 4.79 Å². The molecule has 0 saturated heterocycles. The number of aryl methyl sites for hydroxylation is 2. The van der Waals surface area contributed by atoms with E-state index >= 15 is 0 Å². The SMILES string of the molecule is Cc1ccc(C)c(OCCC(=O)N(C)CCOc2ccccc2F)c1. The molecule has 0 aliphatic carbocycles. The predicted octanol–water partition coefficient (Wildman–Crippen LogP) is 3.75. The van der Waals surface area contributed by atoms with Crippen molar-refractivity contribution in [3.05, 3.63) is 59.4 Å². The Morgan fingerprint density at radius 2 is 1.76 bits per heavy atom. The second kappa shape index (κ2) is 9.06. The number of hydrogen-bond acceptors (Lipinski definition) is 3. The quantitative estimate of drug-likeness (QED) is 0.731. The van der Waals surface area contributed by atoms with E-state index in [0.717, 1.165) is 16.9 Å². The van der Waals surface area contributed by atoms with Crippen LogP contribution >= 0.6 is 0 Å². The average Bonchev–Trinajstić information content (AvgIpc) is 2.59. The number of hydrogen-bond donors (Lipinski definition) is 0. The first-order chi connectivity index (χ1) is 12.0. The van der Waals surface area contributed by atoms with Crippen molar-refractivity contribution in [3.8, 4) is 11.5 Å². The summed E-state index contributed by atoms with van der Waals surface area (Å²) in [6, 6.07) is 12.2. The lowest BCUT2D eigenvalue weighted by Crippen LogP contribution is -2.31. The number of benzene rings is 2. The van der Waals surface area contributed by atoms with Crippen LogP contribution in [-0.2, 0) is 4.79 Å². The maximum Gasteiger partial charge on any atom is 0.225 e. The zero-order valence-corrected chi connectivity index (χ0v) is 14.9. The van der Waals surface area contributed by atoms with Gasteiger partial charge in [0, 0.05) is 7.05 Å². The first kappa shape index (κ1) is 18.8. The van der Waals surface area contributed by atoms with Crippen molar-refractivity contribution >= 4 is 5.91 Å². The molecule has 2 rings (SSSR count). The van der Waals surface area contributed by atoms with Crippen molar-refractivity contribution < 1.29 is 18.7 Å². The average molecular weight is 345 g/mol. The molecule has 2 aromatic rings. The van der Waals surface area contributed by atoms with Crippen LogP contribution in [-0.4, -0.2) is 37.6 Å². The molecular formula is C20H24FNO3. The van der Waals surface area contributed by atoms with Crippen molar-refractivity contribution in [1.82, 2.24) is 4.90 Å². The fraction of sp³-hybridized carbons (Fsp3) is 0.350. The highest BCUT2D eigenvalue weighted by atomic mass is 19.1. The molecule has 0 saturated carbocycles. The van der Waals surface area contributed by atoms with Gasteiger partial charge in [-0.05, 0) is 43.2 Å². The predicted molar refractivity (Wildman–Crippen MR) is 95.6 cm³/mol. The van der Waals surface area contributed by atoms with E-state index in [1.165, 1.54) is 6.07 Å². The maximum atomic E-state index is 13.4. The summed E-state index contributed by atoms with van der Waals surface area (Å²) in [6.45, 7) is 4.92. The normalized spacial score (nSPS) is 10.4. The first-order valence-corrected chi connectivity index (χ1v) is 8.28. The summed E-state index contributed by atoms with van der Waals surface area (Å²) < 4.78 is 24.5. The summed E-state index contributed by atoms with van der Waals surface area (Å²) in [5.41, 5.74) is 2.17. The number of rotatable bonds is 8. The number of halogens is 1. The minimum Gasteiger partial charge on any atom is -0.493 e. The Bertz CT molecular complexity index is 718.